The number of piperidine rings is 4. The molecule has 0 bridgehead atoms. The van der Waals surface area contributed by atoms with E-state index in [9.17, 15) is 62.6 Å². The highest BCUT2D eigenvalue weighted by molar-refractivity contribution is 6.34. The second kappa shape index (κ2) is 40.4. The number of nitriles is 4. The van der Waals surface area contributed by atoms with Crippen LogP contribution in [0.25, 0.3) is 22.6 Å². The molecule has 4 atom stereocenters. The Balaban J connectivity index is 0.000000135. The Morgan fingerprint density at radius 2 is 0.644 bits per heavy atom. The zero-order valence-corrected chi connectivity index (χ0v) is 75.9. The van der Waals surface area contributed by atoms with Gasteiger partial charge in [0.15, 0.2) is 55.0 Å². The fraction of sp³-hybridized carbons (Fsp3) is 0.364. The molecule has 0 N–H and O–H groups in total. The molecule has 33 heteroatoms. The number of likely N-dealkylation sites (tertiary alicyclic amines) is 4. The molecule has 0 saturated carbocycles. The Labute approximate surface area is 781 Å². The first kappa shape index (κ1) is 93.6. The van der Waals surface area contributed by atoms with Crippen molar-refractivity contribution in [2.24, 2.45) is 21.7 Å². The average molecular weight is 1870 g/mol. The predicted molar refractivity (Wildman–Crippen MR) is 489 cm³/mol. The Kier molecular flexibility index (Phi) is 28.6. The summed E-state index contributed by atoms with van der Waals surface area (Å²) in [5.41, 5.74) is 6.19. The van der Waals surface area contributed by atoms with Crippen LogP contribution in [0.2, 0.25) is 20.1 Å². The van der Waals surface area contributed by atoms with Crippen molar-refractivity contribution in [3.05, 3.63) is 248 Å². The van der Waals surface area contributed by atoms with Crippen molar-refractivity contribution >= 4 is 99.1 Å². The first-order chi connectivity index (χ1) is 63.5. The maximum atomic E-state index is 13.4. The number of oxazole rings is 2. The SMILES string of the molecule is CN1CC(C(=O)N2CCC(C#N)(Cc3ccc(F)cc3)CC2)Oc2cc(-c3cnco3)c(Cl)cc21.CN1CC(C(=O)N2CCC(C#N)(Cc3ccc(F)cc3)CC2)Oc2cc(-c3cnco3)c(Cl)cc21.CN1CC(C(=O)N2CCC(C#N)(Cc3ccc(F)cc3)CC2)Oc2cc(C=O)c(Cl)cc21.CN1CC(C(=O)N2CCC(C#N)(Cc3ccc(F)cc3)CC2)Oc2ccc(Cl)cc21. The third-order valence-corrected chi connectivity index (χ3v) is 27.3. The van der Waals surface area contributed by atoms with Gasteiger partial charge in [-0.15, -0.1) is 0 Å². The quantitative estimate of drug-likeness (QED) is 0.0680. The molecule has 2 aromatic heterocycles. The van der Waals surface area contributed by atoms with Gasteiger partial charge in [0.25, 0.3) is 23.6 Å². The van der Waals surface area contributed by atoms with Crippen LogP contribution in [0.3, 0.4) is 0 Å². The van der Waals surface area contributed by atoms with Gasteiger partial charge >= 0.3 is 0 Å². The number of hydrogen-bond acceptors (Lipinski definition) is 21. The van der Waals surface area contributed by atoms with E-state index in [1.165, 1.54) is 61.3 Å². The zero-order chi connectivity index (χ0) is 93.3. The number of halogens is 8. The molecule has 8 aliphatic heterocycles. The van der Waals surface area contributed by atoms with E-state index in [0.717, 1.165) is 45.0 Å². The summed E-state index contributed by atoms with van der Waals surface area (Å²) in [6.45, 7) is 5.35. The van der Waals surface area contributed by atoms with Gasteiger partial charge in [0.1, 0.15) is 46.3 Å². The van der Waals surface area contributed by atoms with Crippen LogP contribution >= 0.6 is 46.4 Å². The highest BCUT2D eigenvalue weighted by Gasteiger charge is 2.46. The summed E-state index contributed by atoms with van der Waals surface area (Å²) in [4.78, 5) is 87.0. The van der Waals surface area contributed by atoms with Crippen molar-refractivity contribution in [2.45, 2.75) is 101 Å². The summed E-state index contributed by atoms with van der Waals surface area (Å²) in [7, 11) is 7.55. The third kappa shape index (κ3) is 21.3. The number of aldehydes is 1. The Morgan fingerprint density at radius 3 is 0.909 bits per heavy atom. The smallest absolute Gasteiger partial charge is 0.265 e. The molecule has 25 nitrogen and oxygen atoms in total. The van der Waals surface area contributed by atoms with Gasteiger partial charge in [0.05, 0.1) is 122 Å². The number of aromatic nitrogens is 2. The molecule has 8 aromatic carbocycles. The Hall–Kier alpha value is -13.0. The highest BCUT2D eigenvalue weighted by atomic mass is 35.5. The van der Waals surface area contributed by atoms with Crippen LogP contribution in [0.5, 0.6) is 23.0 Å². The Morgan fingerprint density at radius 1 is 0.379 bits per heavy atom. The van der Waals surface area contributed by atoms with E-state index in [4.69, 9.17) is 74.2 Å². The number of fused-ring (bicyclic) bond motifs is 4. The second-order valence-electron chi connectivity index (χ2n) is 34.9. The molecule has 10 aromatic rings. The average Bonchev–Trinajstić information content (AvgIpc) is 1.14. The first-order valence-corrected chi connectivity index (χ1v) is 44.8. The number of amides is 4. The highest BCUT2D eigenvalue weighted by Crippen LogP contribution is 2.47. The van der Waals surface area contributed by atoms with E-state index in [0.29, 0.717) is 233 Å². The molecule has 0 radical (unpaired) electrons. The molecule has 682 valence electrons. The summed E-state index contributed by atoms with van der Waals surface area (Å²) in [6, 6.07) is 50.6. The normalized spacial score (nSPS) is 19.4. The molecule has 0 aliphatic carbocycles. The molecule has 4 unspecified atom stereocenters. The number of rotatable bonds is 15. The van der Waals surface area contributed by atoms with Gasteiger partial charge < -0.3 is 67.0 Å². The van der Waals surface area contributed by atoms with Gasteiger partial charge in [-0.1, -0.05) is 94.9 Å². The van der Waals surface area contributed by atoms with Gasteiger partial charge in [-0.25, -0.2) is 27.5 Å². The van der Waals surface area contributed by atoms with Gasteiger partial charge in [-0.05, 0) is 202 Å². The van der Waals surface area contributed by atoms with Crippen molar-refractivity contribution < 1.29 is 69.3 Å². The van der Waals surface area contributed by atoms with Gasteiger partial charge in [-0.2, -0.15) is 21.0 Å². The summed E-state index contributed by atoms with van der Waals surface area (Å²) in [5, 5.41) is 41.5. The molecule has 10 heterocycles. The largest absolute Gasteiger partial charge is 0.477 e. The molecule has 4 saturated heterocycles. The van der Waals surface area contributed by atoms with Gasteiger partial charge in [0, 0.05) is 102 Å². The van der Waals surface area contributed by atoms with E-state index in [1.54, 1.807) is 129 Å². The van der Waals surface area contributed by atoms with Crippen molar-refractivity contribution in [1.82, 2.24) is 29.6 Å². The molecular formula is C99H94Cl4F4N14O11. The monoisotopic (exact) mass is 1870 g/mol. The minimum absolute atomic E-state index is 0.0595. The van der Waals surface area contributed by atoms with Crippen LogP contribution < -0.4 is 38.5 Å². The first-order valence-electron chi connectivity index (χ1n) is 43.3. The topological polar surface area (TPSA) is 295 Å². The van der Waals surface area contributed by atoms with Crippen molar-refractivity contribution in [2.75, 3.05) is 126 Å². The lowest BCUT2D eigenvalue weighted by atomic mass is 9.75. The van der Waals surface area contributed by atoms with Crippen LogP contribution in [-0.4, -0.2) is 191 Å². The van der Waals surface area contributed by atoms with Gasteiger partial charge in [0.2, 0.25) is 0 Å². The maximum Gasteiger partial charge on any atom is 0.265 e. The van der Waals surface area contributed by atoms with Crippen LogP contribution in [0.1, 0.15) is 84.0 Å². The van der Waals surface area contributed by atoms with Crippen LogP contribution in [0, 0.1) is 90.3 Å². The minimum Gasteiger partial charge on any atom is -0.477 e. The number of benzene rings is 8. The minimum atomic E-state index is -0.708. The third-order valence-electron chi connectivity index (χ3n) is 26.1. The van der Waals surface area contributed by atoms with Crippen molar-refractivity contribution in [3.63, 3.8) is 0 Å². The molecular weight excluding hydrogens is 1780 g/mol. The number of likely N-dealkylation sites (N-methyl/N-ethyl adjacent to an activating group) is 4. The van der Waals surface area contributed by atoms with E-state index in [-0.39, 0.29) is 46.9 Å². The van der Waals surface area contributed by atoms with E-state index in [1.807, 2.05) is 53.9 Å². The summed E-state index contributed by atoms with van der Waals surface area (Å²) >= 11 is 25.1. The number of carbonyl (C=O) groups excluding carboxylic acids is 5. The summed E-state index contributed by atoms with van der Waals surface area (Å²) in [5.74, 6) is 1.63. The number of ether oxygens (including phenoxy) is 4. The lowest BCUT2D eigenvalue weighted by molar-refractivity contribution is -0.141. The lowest BCUT2D eigenvalue weighted by Gasteiger charge is -2.40. The molecule has 8 aliphatic rings. The second-order valence-corrected chi connectivity index (χ2v) is 36.6. The molecule has 4 fully saturated rings. The molecule has 4 amide bonds. The number of nitrogens with zero attached hydrogens (tertiary/aromatic N) is 14. The Bertz CT molecular complexity index is 5850. The predicted octanol–water partition coefficient (Wildman–Crippen LogP) is 17.3. The van der Waals surface area contributed by atoms with E-state index in [2.05, 4.69) is 34.2 Å². The fourth-order valence-electron chi connectivity index (χ4n) is 18.3. The zero-order valence-electron chi connectivity index (χ0n) is 72.9. The van der Waals surface area contributed by atoms with Crippen molar-refractivity contribution in [1.29, 1.82) is 21.0 Å². The van der Waals surface area contributed by atoms with Gasteiger partial charge in [-0.3, -0.25) is 24.0 Å². The summed E-state index contributed by atoms with van der Waals surface area (Å²) < 4.78 is 87.8. The van der Waals surface area contributed by atoms with Crippen molar-refractivity contribution in [3.8, 4) is 69.9 Å². The fourth-order valence-corrected chi connectivity index (χ4v) is 19.1. The van der Waals surface area contributed by atoms with E-state index < -0.39 is 46.1 Å². The van der Waals surface area contributed by atoms with Crippen LogP contribution in [0.15, 0.2) is 186 Å². The number of anilines is 4. The molecule has 0 spiro atoms. The summed E-state index contributed by atoms with van der Waals surface area (Å²) in [6.07, 6.45) is 10.4. The van der Waals surface area contributed by atoms with Crippen LogP contribution in [-0.2, 0) is 44.9 Å². The molecule has 132 heavy (non-hydrogen) atoms. The lowest BCUT2D eigenvalue weighted by Crippen LogP contribution is -2.52. The molecule has 18 rings (SSSR count). The number of carbonyl (C=O) groups is 5. The van der Waals surface area contributed by atoms with E-state index >= 15 is 0 Å². The number of hydrogen-bond donors (Lipinski definition) is 0. The van der Waals surface area contributed by atoms with Crippen LogP contribution in [0.4, 0.5) is 40.3 Å². The maximum absolute atomic E-state index is 13.4. The standard InChI is InChI=1S/2C26H24ClFN4O3.C24H23ClFN3O3.C23H23ClFN3O2/c2*1-31-14-24(35-22-10-19(20(27)11-21(22)31)23-13-30-16-34-23)25(33)32-8-6-26(15-29,7-9-32)12-17-2-4-18(28)5-3-17;1-28-13-22(32-21-10-17(14-30)19(25)11-20(21)28)23(31)29-8-6-24(15-27,7-9-29)12-16-2-4-18(26)5-3-16;1-27-14-21(30-20-7-4-17(24)12-19(20)27)22(29)28-10-8-23(15-26,9-11-28)13-16-2-5-18(25)6-3-16/h2*2-5,10-11,13,16,24H,6-9,12,14H2,1H3;2-5,10-11,14,22H,6-9,12-13H2,1H3;2-7,12,21H,8-11,13-14H2,1H3.